The normalized spacial score (nSPS) is 14.8. The van der Waals surface area contributed by atoms with Crippen LogP contribution in [0.3, 0.4) is 0 Å². The molecule has 0 aliphatic rings. The predicted octanol–water partition coefficient (Wildman–Crippen LogP) is 3.04. The minimum atomic E-state index is -0.766. The van der Waals surface area contributed by atoms with Crippen molar-refractivity contribution in [3.8, 4) is 0 Å². The summed E-state index contributed by atoms with van der Waals surface area (Å²) < 4.78 is 1.01. The van der Waals surface area contributed by atoms with Gasteiger partial charge >= 0.3 is 5.97 Å². The third-order valence-corrected chi connectivity index (χ3v) is 3.59. The molecule has 0 aromatic heterocycles. The Morgan fingerprint density at radius 3 is 2.50 bits per heavy atom. The molecule has 0 aliphatic heterocycles. The summed E-state index contributed by atoms with van der Waals surface area (Å²) in [7, 11) is 0. The van der Waals surface area contributed by atoms with Crippen LogP contribution >= 0.6 is 22.6 Å². The Morgan fingerprint density at radius 2 is 2.07 bits per heavy atom. The zero-order valence-corrected chi connectivity index (χ0v) is 10.4. The number of hydrogen-bond acceptors (Lipinski definition) is 1. The summed E-state index contributed by atoms with van der Waals surface area (Å²) in [6.45, 7) is 3.67. The van der Waals surface area contributed by atoms with Crippen LogP contribution < -0.4 is 0 Å². The van der Waals surface area contributed by atoms with Crippen molar-refractivity contribution in [2.75, 3.05) is 0 Å². The summed E-state index contributed by atoms with van der Waals surface area (Å²) in [6.07, 6.45) is 0.600. The van der Waals surface area contributed by atoms with Gasteiger partial charge in [-0.3, -0.25) is 4.79 Å². The zero-order chi connectivity index (χ0) is 10.8. The SMILES string of the molecule is CCC(C)(C(=O)O)c1ccccc1I. The first kappa shape index (κ1) is 11.5. The number of benzene rings is 1. The number of rotatable bonds is 3. The van der Waals surface area contributed by atoms with E-state index in [1.165, 1.54) is 0 Å². The van der Waals surface area contributed by atoms with Crippen LogP contribution in [0.2, 0.25) is 0 Å². The van der Waals surface area contributed by atoms with Crippen molar-refractivity contribution in [3.05, 3.63) is 33.4 Å². The van der Waals surface area contributed by atoms with Crippen molar-refractivity contribution in [2.24, 2.45) is 0 Å². The van der Waals surface area contributed by atoms with Gasteiger partial charge in [0, 0.05) is 3.57 Å². The molecule has 3 heteroatoms. The van der Waals surface area contributed by atoms with E-state index in [0.29, 0.717) is 6.42 Å². The second-order valence-electron chi connectivity index (χ2n) is 3.47. The highest BCUT2D eigenvalue weighted by atomic mass is 127. The van der Waals surface area contributed by atoms with E-state index in [0.717, 1.165) is 9.13 Å². The van der Waals surface area contributed by atoms with Gasteiger partial charge in [-0.15, -0.1) is 0 Å². The lowest BCUT2D eigenvalue weighted by Gasteiger charge is -2.24. The lowest BCUT2D eigenvalue weighted by atomic mass is 9.80. The fourth-order valence-corrected chi connectivity index (χ4v) is 2.35. The smallest absolute Gasteiger partial charge is 0.313 e. The monoisotopic (exact) mass is 304 g/mol. The van der Waals surface area contributed by atoms with Crippen molar-refractivity contribution < 1.29 is 9.90 Å². The van der Waals surface area contributed by atoms with Gasteiger partial charge in [0.25, 0.3) is 0 Å². The average molecular weight is 304 g/mol. The van der Waals surface area contributed by atoms with Gasteiger partial charge in [0.15, 0.2) is 0 Å². The molecule has 0 spiro atoms. The van der Waals surface area contributed by atoms with E-state index >= 15 is 0 Å². The summed E-state index contributed by atoms with van der Waals surface area (Å²) in [6, 6.07) is 7.63. The summed E-state index contributed by atoms with van der Waals surface area (Å²) in [5, 5.41) is 9.21. The molecular weight excluding hydrogens is 291 g/mol. The summed E-state index contributed by atoms with van der Waals surface area (Å²) >= 11 is 2.18. The molecule has 0 saturated carbocycles. The van der Waals surface area contributed by atoms with Crippen LogP contribution in [-0.2, 0) is 10.2 Å². The van der Waals surface area contributed by atoms with Gasteiger partial charge in [0.2, 0.25) is 0 Å². The van der Waals surface area contributed by atoms with Gasteiger partial charge in [-0.1, -0.05) is 25.1 Å². The minimum Gasteiger partial charge on any atom is -0.481 e. The molecule has 0 radical (unpaired) electrons. The average Bonchev–Trinajstić information content (AvgIpc) is 2.17. The number of carboxylic acid groups (broad SMARTS) is 1. The third-order valence-electron chi connectivity index (χ3n) is 2.65. The number of hydrogen-bond donors (Lipinski definition) is 1. The quantitative estimate of drug-likeness (QED) is 0.872. The Balaban J connectivity index is 3.26. The van der Waals surface area contributed by atoms with Crippen LogP contribution in [0.5, 0.6) is 0 Å². The number of carbonyl (C=O) groups is 1. The molecule has 0 amide bonds. The zero-order valence-electron chi connectivity index (χ0n) is 8.25. The Bertz CT molecular complexity index is 349. The van der Waals surface area contributed by atoms with Crippen LogP contribution in [0.1, 0.15) is 25.8 Å². The summed E-state index contributed by atoms with van der Waals surface area (Å²) in [4.78, 5) is 11.2. The van der Waals surface area contributed by atoms with E-state index in [4.69, 9.17) is 0 Å². The van der Waals surface area contributed by atoms with Crippen LogP contribution in [0.4, 0.5) is 0 Å². The summed E-state index contributed by atoms with van der Waals surface area (Å²) in [5.41, 5.74) is 0.133. The van der Waals surface area contributed by atoms with Gasteiger partial charge in [0.1, 0.15) is 0 Å². The van der Waals surface area contributed by atoms with Crippen LogP contribution in [-0.4, -0.2) is 11.1 Å². The Hall–Kier alpha value is -0.580. The van der Waals surface area contributed by atoms with Gasteiger partial charge < -0.3 is 5.11 Å². The maximum Gasteiger partial charge on any atom is 0.313 e. The second-order valence-corrected chi connectivity index (χ2v) is 4.63. The standard InChI is InChI=1S/C11H13IO2/c1-3-11(2,10(13)14)8-6-4-5-7-9(8)12/h4-7H,3H2,1-2H3,(H,13,14). The van der Waals surface area contributed by atoms with Crippen LogP contribution in [0, 0.1) is 3.57 Å². The van der Waals surface area contributed by atoms with Crippen molar-refractivity contribution in [1.29, 1.82) is 0 Å². The maximum absolute atomic E-state index is 11.2. The molecule has 1 aromatic rings. The van der Waals surface area contributed by atoms with E-state index in [1.807, 2.05) is 31.2 Å². The largest absolute Gasteiger partial charge is 0.481 e. The number of halogens is 1. The Labute approximate surface area is 97.5 Å². The molecule has 1 atom stereocenters. The minimum absolute atomic E-state index is 0.600. The van der Waals surface area contributed by atoms with Crippen LogP contribution in [0.25, 0.3) is 0 Å². The first-order chi connectivity index (χ1) is 6.52. The fourth-order valence-electron chi connectivity index (χ4n) is 1.37. The number of carboxylic acids is 1. The molecule has 0 fully saturated rings. The van der Waals surface area contributed by atoms with Crippen molar-refractivity contribution in [3.63, 3.8) is 0 Å². The highest BCUT2D eigenvalue weighted by molar-refractivity contribution is 14.1. The molecule has 14 heavy (non-hydrogen) atoms. The Kier molecular flexibility index (Phi) is 3.53. The fraction of sp³-hybridized carbons (Fsp3) is 0.364. The van der Waals surface area contributed by atoms with Gasteiger partial charge in [0.05, 0.1) is 5.41 Å². The van der Waals surface area contributed by atoms with Gasteiger partial charge in [-0.2, -0.15) is 0 Å². The lowest BCUT2D eigenvalue weighted by molar-refractivity contribution is -0.143. The molecular formula is C11H13IO2. The number of aliphatic carboxylic acids is 1. The van der Waals surface area contributed by atoms with E-state index in [1.54, 1.807) is 6.92 Å². The Morgan fingerprint density at radius 1 is 1.50 bits per heavy atom. The predicted molar refractivity (Wildman–Crippen MR) is 64.4 cm³/mol. The van der Waals surface area contributed by atoms with Crippen molar-refractivity contribution in [1.82, 2.24) is 0 Å². The maximum atomic E-state index is 11.2. The molecule has 1 rings (SSSR count). The van der Waals surface area contributed by atoms with Crippen molar-refractivity contribution >= 4 is 28.6 Å². The highest BCUT2D eigenvalue weighted by Crippen LogP contribution is 2.31. The second kappa shape index (κ2) is 4.29. The molecule has 2 nitrogen and oxygen atoms in total. The van der Waals surface area contributed by atoms with E-state index in [-0.39, 0.29) is 0 Å². The summed E-state index contributed by atoms with van der Waals surface area (Å²) in [5.74, 6) is -0.760. The third kappa shape index (κ3) is 1.92. The van der Waals surface area contributed by atoms with Gasteiger partial charge in [-0.25, -0.2) is 0 Å². The topological polar surface area (TPSA) is 37.3 Å². The molecule has 0 aliphatic carbocycles. The van der Waals surface area contributed by atoms with E-state index in [9.17, 15) is 9.90 Å². The van der Waals surface area contributed by atoms with E-state index in [2.05, 4.69) is 22.6 Å². The molecule has 0 saturated heterocycles. The highest BCUT2D eigenvalue weighted by Gasteiger charge is 2.34. The molecule has 76 valence electrons. The van der Waals surface area contributed by atoms with Gasteiger partial charge in [-0.05, 0) is 47.6 Å². The van der Waals surface area contributed by atoms with Crippen molar-refractivity contribution in [2.45, 2.75) is 25.7 Å². The lowest BCUT2D eigenvalue weighted by Crippen LogP contribution is -2.32. The molecule has 1 aromatic carbocycles. The first-order valence-corrected chi connectivity index (χ1v) is 5.58. The van der Waals surface area contributed by atoms with E-state index < -0.39 is 11.4 Å². The molecule has 0 bridgehead atoms. The van der Waals surface area contributed by atoms with Crippen LogP contribution in [0.15, 0.2) is 24.3 Å². The first-order valence-electron chi connectivity index (χ1n) is 4.50. The molecule has 1 N–H and O–H groups in total. The molecule has 1 unspecified atom stereocenters. The molecule has 0 heterocycles.